The second-order valence-corrected chi connectivity index (χ2v) is 8.74. The van der Waals surface area contributed by atoms with Gasteiger partial charge in [-0.3, -0.25) is 4.79 Å². The van der Waals surface area contributed by atoms with Gasteiger partial charge in [-0.2, -0.15) is 0 Å². The van der Waals surface area contributed by atoms with E-state index < -0.39 is 11.9 Å². The number of ether oxygens (including phenoxy) is 1. The molecule has 2 aromatic carbocycles. The molecule has 32 heavy (non-hydrogen) atoms. The maximum atomic E-state index is 13.5. The summed E-state index contributed by atoms with van der Waals surface area (Å²) in [6.45, 7) is 4.07. The highest BCUT2D eigenvalue weighted by atomic mass is 35.5. The van der Waals surface area contributed by atoms with E-state index in [4.69, 9.17) is 16.3 Å². The van der Waals surface area contributed by atoms with Gasteiger partial charge in [0.05, 0.1) is 12.2 Å². The van der Waals surface area contributed by atoms with Crippen molar-refractivity contribution in [1.82, 2.24) is 5.32 Å². The average molecular weight is 452 g/mol. The Morgan fingerprint density at radius 3 is 2.59 bits per heavy atom. The number of nitrogens with one attached hydrogen (secondary N) is 1. The number of hydrogen-bond acceptors (Lipinski definition) is 5. The fourth-order valence-electron chi connectivity index (χ4n) is 4.59. The fraction of sp³-hybridized carbons (Fsp3) is 0.308. The molecule has 0 aromatic heterocycles. The van der Waals surface area contributed by atoms with Crippen molar-refractivity contribution in [2.24, 2.45) is 0 Å². The number of hydrogen-bond donors (Lipinski definition) is 2. The van der Waals surface area contributed by atoms with E-state index in [1.165, 1.54) is 0 Å². The maximum absolute atomic E-state index is 13.5. The van der Waals surface area contributed by atoms with Gasteiger partial charge in [0, 0.05) is 34.3 Å². The van der Waals surface area contributed by atoms with Crippen LogP contribution in [0.3, 0.4) is 0 Å². The molecule has 2 aromatic rings. The Hall–Kier alpha value is -3.05. The molecule has 0 saturated heterocycles. The van der Waals surface area contributed by atoms with Crippen LogP contribution in [-0.4, -0.2) is 23.5 Å². The molecule has 0 unspecified atom stereocenters. The van der Waals surface area contributed by atoms with E-state index in [0.717, 1.165) is 11.3 Å². The van der Waals surface area contributed by atoms with E-state index in [2.05, 4.69) is 5.32 Å². The normalized spacial score (nSPS) is 20.7. The van der Waals surface area contributed by atoms with Crippen molar-refractivity contribution in [3.8, 4) is 5.75 Å². The molecule has 1 aliphatic carbocycles. The average Bonchev–Trinajstić information content (AvgIpc) is 2.76. The van der Waals surface area contributed by atoms with Gasteiger partial charge in [-0.25, -0.2) is 4.79 Å². The predicted octanol–water partition coefficient (Wildman–Crippen LogP) is 5.36. The van der Waals surface area contributed by atoms with Crippen LogP contribution in [-0.2, 0) is 14.3 Å². The molecule has 6 heteroatoms. The molecule has 0 amide bonds. The summed E-state index contributed by atoms with van der Waals surface area (Å²) in [7, 11) is 0. The van der Waals surface area contributed by atoms with Crippen LogP contribution >= 0.6 is 11.6 Å². The van der Waals surface area contributed by atoms with Gasteiger partial charge in [0.25, 0.3) is 0 Å². The van der Waals surface area contributed by atoms with Crippen molar-refractivity contribution in [1.29, 1.82) is 0 Å². The van der Waals surface area contributed by atoms with Crippen LogP contribution < -0.4 is 5.32 Å². The highest BCUT2D eigenvalue weighted by Gasteiger charge is 2.41. The van der Waals surface area contributed by atoms with Gasteiger partial charge >= 0.3 is 5.97 Å². The molecule has 0 fully saturated rings. The Balaban J connectivity index is 1.77. The zero-order chi connectivity index (χ0) is 22.8. The molecule has 4 rings (SSSR count). The summed E-state index contributed by atoms with van der Waals surface area (Å²) in [5.74, 6) is -0.923. The van der Waals surface area contributed by atoms with E-state index in [-0.39, 0.29) is 17.5 Å². The molecule has 2 aliphatic rings. The number of rotatable bonds is 5. The van der Waals surface area contributed by atoms with Gasteiger partial charge in [-0.05, 0) is 61.1 Å². The fourth-order valence-corrected chi connectivity index (χ4v) is 4.72. The molecule has 0 bridgehead atoms. The summed E-state index contributed by atoms with van der Waals surface area (Å²) < 4.78 is 5.45. The third kappa shape index (κ3) is 4.30. The number of halogens is 1. The van der Waals surface area contributed by atoms with Crippen molar-refractivity contribution in [3.05, 3.63) is 87.2 Å². The van der Waals surface area contributed by atoms with Crippen LogP contribution in [0.15, 0.2) is 71.1 Å². The minimum atomic E-state index is -0.582. The number of ketones is 1. The molecule has 166 valence electrons. The minimum absolute atomic E-state index is 0.0136. The monoisotopic (exact) mass is 451 g/mol. The quantitative estimate of drug-likeness (QED) is 0.598. The molecule has 0 saturated carbocycles. The van der Waals surface area contributed by atoms with Crippen LogP contribution in [0.5, 0.6) is 5.75 Å². The second-order valence-electron chi connectivity index (χ2n) is 8.30. The van der Waals surface area contributed by atoms with E-state index in [0.29, 0.717) is 53.3 Å². The smallest absolute Gasteiger partial charge is 0.336 e. The van der Waals surface area contributed by atoms with Crippen LogP contribution in [0, 0.1) is 0 Å². The largest absolute Gasteiger partial charge is 0.508 e. The van der Waals surface area contributed by atoms with E-state index in [1.54, 1.807) is 18.2 Å². The van der Waals surface area contributed by atoms with Crippen LogP contribution in [0.25, 0.3) is 0 Å². The number of Topliss-reactive ketones (excluding diaryl/α,β-unsaturated/α-hetero) is 1. The summed E-state index contributed by atoms with van der Waals surface area (Å²) in [5.41, 5.74) is 4.23. The molecule has 2 atom stereocenters. The van der Waals surface area contributed by atoms with Crippen molar-refractivity contribution >= 4 is 23.4 Å². The molecule has 0 radical (unpaired) electrons. The number of esters is 1. The first-order valence-electron chi connectivity index (χ1n) is 10.8. The lowest BCUT2D eigenvalue weighted by atomic mass is 9.71. The lowest BCUT2D eigenvalue weighted by Crippen LogP contribution is -2.36. The predicted molar refractivity (Wildman–Crippen MR) is 123 cm³/mol. The third-order valence-corrected chi connectivity index (χ3v) is 6.28. The zero-order valence-corrected chi connectivity index (χ0v) is 18.9. The summed E-state index contributed by atoms with van der Waals surface area (Å²) in [6.07, 6.45) is 1.69. The number of carbonyl (C=O) groups excluding carboxylic acids is 2. The first-order valence-corrected chi connectivity index (χ1v) is 11.2. The highest BCUT2D eigenvalue weighted by Crippen LogP contribution is 2.46. The van der Waals surface area contributed by atoms with Gasteiger partial charge in [0.2, 0.25) is 0 Å². The SMILES string of the molecule is CCCOC(=O)C1=C(C)NC2=C(C(=O)C[C@@H](c3ccc(Cl)cc3)C2)[C@H]1c1cccc(O)c1. The first-order chi connectivity index (χ1) is 15.4. The van der Waals surface area contributed by atoms with E-state index in [9.17, 15) is 14.7 Å². The Morgan fingerprint density at radius 2 is 1.91 bits per heavy atom. The number of benzene rings is 2. The molecular weight excluding hydrogens is 426 g/mol. The number of dihydropyridines is 1. The molecule has 1 aliphatic heterocycles. The zero-order valence-electron chi connectivity index (χ0n) is 18.2. The molecule has 2 N–H and O–H groups in total. The summed E-state index contributed by atoms with van der Waals surface area (Å²) in [6, 6.07) is 14.3. The van der Waals surface area contributed by atoms with Gasteiger partial charge in [0.1, 0.15) is 5.75 Å². The first kappa shape index (κ1) is 22.2. The number of phenols is 1. The molecule has 5 nitrogen and oxygen atoms in total. The second kappa shape index (κ2) is 9.21. The molecule has 1 heterocycles. The Labute approximate surface area is 192 Å². The van der Waals surface area contributed by atoms with Gasteiger partial charge < -0.3 is 15.2 Å². The Bertz CT molecular complexity index is 1120. The lowest BCUT2D eigenvalue weighted by Gasteiger charge is -2.36. The summed E-state index contributed by atoms with van der Waals surface area (Å²) in [5, 5.41) is 14.1. The molecular formula is C26H26ClNO4. The van der Waals surface area contributed by atoms with Gasteiger partial charge in [0.15, 0.2) is 5.78 Å². The summed E-state index contributed by atoms with van der Waals surface area (Å²) in [4.78, 5) is 26.5. The van der Waals surface area contributed by atoms with Crippen LogP contribution in [0.4, 0.5) is 0 Å². The van der Waals surface area contributed by atoms with Crippen LogP contribution in [0.1, 0.15) is 56.1 Å². The Kier molecular flexibility index (Phi) is 6.38. The number of carbonyl (C=O) groups is 2. The maximum Gasteiger partial charge on any atom is 0.336 e. The van der Waals surface area contributed by atoms with Crippen molar-refractivity contribution in [2.45, 2.75) is 44.9 Å². The van der Waals surface area contributed by atoms with E-state index in [1.807, 2.05) is 44.2 Å². The Morgan fingerprint density at radius 1 is 1.16 bits per heavy atom. The minimum Gasteiger partial charge on any atom is -0.508 e. The van der Waals surface area contributed by atoms with Crippen molar-refractivity contribution in [3.63, 3.8) is 0 Å². The molecule has 0 spiro atoms. The van der Waals surface area contributed by atoms with E-state index >= 15 is 0 Å². The number of allylic oxidation sites excluding steroid dienone is 3. The standard InChI is InChI=1S/C26H26ClNO4/c1-3-11-32-26(31)23-15(2)28-21-13-18(16-7-9-19(27)10-8-16)14-22(30)25(21)24(23)17-5-4-6-20(29)12-17/h4-10,12,18,24,28-29H,3,11,13-14H2,1-2H3/t18-,24-/m0/s1. The number of phenolic OH excluding ortho intramolecular Hbond substituents is 1. The van der Waals surface area contributed by atoms with Crippen molar-refractivity contribution < 1.29 is 19.4 Å². The topological polar surface area (TPSA) is 75.6 Å². The highest BCUT2D eigenvalue weighted by molar-refractivity contribution is 6.30. The van der Waals surface area contributed by atoms with Gasteiger partial charge in [-0.15, -0.1) is 0 Å². The van der Waals surface area contributed by atoms with Crippen LogP contribution in [0.2, 0.25) is 5.02 Å². The lowest BCUT2D eigenvalue weighted by molar-refractivity contribution is -0.139. The van der Waals surface area contributed by atoms with Gasteiger partial charge in [-0.1, -0.05) is 42.8 Å². The van der Waals surface area contributed by atoms with Crippen molar-refractivity contribution in [2.75, 3.05) is 6.61 Å². The summed E-state index contributed by atoms with van der Waals surface area (Å²) >= 11 is 6.03. The number of aromatic hydroxyl groups is 1. The third-order valence-electron chi connectivity index (χ3n) is 6.03.